The highest BCUT2D eigenvalue weighted by Gasteiger charge is 2.43. The van der Waals surface area contributed by atoms with Crippen LogP contribution in [-0.4, -0.2) is 57.5 Å². The number of ether oxygens (including phenoxy) is 2. The third-order valence-corrected chi connectivity index (χ3v) is 7.23. The second-order valence-corrected chi connectivity index (χ2v) is 11.3. The van der Waals surface area contributed by atoms with Crippen LogP contribution in [0, 0.1) is 0 Å². The summed E-state index contributed by atoms with van der Waals surface area (Å²) < 4.78 is 10.8. The Bertz CT molecular complexity index is 1390. The minimum atomic E-state index is -0.648. The zero-order valence-corrected chi connectivity index (χ0v) is 22.8. The average molecular weight is 538 g/mol. The molecular weight excluding hydrogens is 506 g/mol. The standard InChI is InChI=1S/C29H32ClN3O5/c1-17(34)37-20-10-7-18(8-11-20)26-25-21(22-16-19(30)9-12-23(22)31-25)13-15-33(26)27(35)24-6-5-14-32(24)28(36)38-29(2,3)4/h7-12,16,24,26,31H,5-6,13-15H2,1-4H3. The van der Waals surface area contributed by atoms with Crippen molar-refractivity contribution in [3.63, 3.8) is 0 Å². The van der Waals surface area contributed by atoms with Gasteiger partial charge >= 0.3 is 12.1 Å². The Kier molecular flexibility index (Phi) is 6.86. The summed E-state index contributed by atoms with van der Waals surface area (Å²) in [5.74, 6) is -0.0688. The van der Waals surface area contributed by atoms with Gasteiger partial charge in [0.25, 0.3) is 0 Å². The van der Waals surface area contributed by atoms with Crippen LogP contribution in [0.1, 0.15) is 63.4 Å². The molecule has 2 unspecified atom stereocenters. The molecule has 1 N–H and O–H groups in total. The molecule has 0 radical (unpaired) electrons. The maximum absolute atomic E-state index is 14.1. The van der Waals surface area contributed by atoms with Crippen molar-refractivity contribution in [3.05, 3.63) is 64.3 Å². The van der Waals surface area contributed by atoms with Gasteiger partial charge in [-0.3, -0.25) is 14.5 Å². The summed E-state index contributed by atoms with van der Waals surface area (Å²) in [6, 6.07) is 11.9. The Hall–Kier alpha value is -3.52. The van der Waals surface area contributed by atoms with E-state index < -0.39 is 29.7 Å². The molecule has 2 aromatic carbocycles. The summed E-state index contributed by atoms with van der Waals surface area (Å²) in [6.45, 7) is 7.79. The number of nitrogens with one attached hydrogen (secondary N) is 1. The highest BCUT2D eigenvalue weighted by molar-refractivity contribution is 6.31. The van der Waals surface area contributed by atoms with E-state index in [9.17, 15) is 14.4 Å². The van der Waals surface area contributed by atoms with Crippen molar-refractivity contribution in [1.29, 1.82) is 0 Å². The summed E-state index contributed by atoms with van der Waals surface area (Å²) in [5, 5.41) is 1.69. The van der Waals surface area contributed by atoms with Crippen molar-refractivity contribution in [2.24, 2.45) is 0 Å². The van der Waals surface area contributed by atoms with Gasteiger partial charge in [-0.1, -0.05) is 23.7 Å². The topological polar surface area (TPSA) is 91.9 Å². The number of likely N-dealkylation sites (tertiary alicyclic amines) is 1. The number of nitrogens with zero attached hydrogens (tertiary/aromatic N) is 2. The van der Waals surface area contributed by atoms with Crippen LogP contribution in [0.4, 0.5) is 4.79 Å². The largest absolute Gasteiger partial charge is 0.444 e. The Morgan fingerprint density at radius 3 is 2.45 bits per heavy atom. The molecule has 0 bridgehead atoms. The number of carbonyl (C=O) groups is 3. The van der Waals surface area contributed by atoms with Crippen molar-refractivity contribution in [1.82, 2.24) is 14.8 Å². The van der Waals surface area contributed by atoms with E-state index >= 15 is 0 Å². The highest BCUT2D eigenvalue weighted by Crippen LogP contribution is 2.40. The third-order valence-electron chi connectivity index (χ3n) is 7.00. The van der Waals surface area contributed by atoms with Crippen LogP contribution in [0.5, 0.6) is 5.75 Å². The fourth-order valence-electron chi connectivity index (χ4n) is 5.48. The molecule has 200 valence electrons. The number of amides is 2. The lowest BCUT2D eigenvalue weighted by molar-refractivity contribution is -0.138. The molecule has 8 nitrogen and oxygen atoms in total. The first kappa shape index (κ1) is 26.1. The van der Waals surface area contributed by atoms with Gasteiger partial charge in [0, 0.05) is 41.6 Å². The zero-order chi connectivity index (χ0) is 27.2. The number of rotatable bonds is 3. The number of esters is 1. The van der Waals surface area contributed by atoms with Gasteiger partial charge in [0.2, 0.25) is 5.91 Å². The summed E-state index contributed by atoms with van der Waals surface area (Å²) >= 11 is 6.32. The molecule has 2 amide bonds. The maximum atomic E-state index is 14.1. The van der Waals surface area contributed by atoms with Gasteiger partial charge in [0.15, 0.2) is 0 Å². The van der Waals surface area contributed by atoms with Crippen molar-refractivity contribution in [3.8, 4) is 5.75 Å². The number of hydrogen-bond donors (Lipinski definition) is 1. The van der Waals surface area contributed by atoms with Crippen LogP contribution in [0.25, 0.3) is 10.9 Å². The summed E-state index contributed by atoms with van der Waals surface area (Å²) in [7, 11) is 0. The second-order valence-electron chi connectivity index (χ2n) is 10.9. The van der Waals surface area contributed by atoms with Crippen molar-refractivity contribution >= 4 is 40.5 Å². The van der Waals surface area contributed by atoms with E-state index in [4.69, 9.17) is 21.1 Å². The Labute approximate surface area is 226 Å². The summed E-state index contributed by atoms with van der Waals surface area (Å²) in [5.41, 5.74) is 3.21. The van der Waals surface area contributed by atoms with Crippen LogP contribution in [0.2, 0.25) is 5.02 Å². The van der Waals surface area contributed by atoms with Gasteiger partial charge in [-0.25, -0.2) is 4.79 Å². The van der Waals surface area contributed by atoms with Crippen molar-refractivity contribution in [2.45, 2.75) is 64.6 Å². The van der Waals surface area contributed by atoms with Gasteiger partial charge in [-0.15, -0.1) is 0 Å². The van der Waals surface area contributed by atoms with Crippen LogP contribution < -0.4 is 4.74 Å². The molecule has 0 spiro atoms. The van der Waals surface area contributed by atoms with Gasteiger partial charge in [-0.2, -0.15) is 0 Å². The molecule has 1 aromatic heterocycles. The van der Waals surface area contributed by atoms with Gasteiger partial charge in [-0.05, 0) is 81.5 Å². The van der Waals surface area contributed by atoms with E-state index in [1.165, 1.54) is 6.92 Å². The molecule has 1 saturated heterocycles. The predicted molar refractivity (Wildman–Crippen MR) is 144 cm³/mol. The number of halogens is 1. The number of benzene rings is 2. The molecule has 0 saturated carbocycles. The Morgan fingerprint density at radius 1 is 1.03 bits per heavy atom. The van der Waals surface area contributed by atoms with Gasteiger partial charge in [0.1, 0.15) is 17.4 Å². The molecule has 0 aliphatic carbocycles. The van der Waals surface area contributed by atoms with Crippen LogP contribution in [-0.2, 0) is 20.7 Å². The molecule has 5 rings (SSSR count). The SMILES string of the molecule is CC(=O)Oc1ccc(C2c3[nH]c4ccc(Cl)cc4c3CCN2C(=O)C2CCCN2C(=O)OC(C)(C)C)cc1. The first-order valence-electron chi connectivity index (χ1n) is 12.9. The predicted octanol–water partition coefficient (Wildman–Crippen LogP) is 5.62. The van der Waals surface area contributed by atoms with E-state index in [1.54, 1.807) is 17.0 Å². The lowest BCUT2D eigenvalue weighted by Crippen LogP contribution is -2.51. The monoisotopic (exact) mass is 537 g/mol. The number of H-pyrrole nitrogens is 1. The maximum Gasteiger partial charge on any atom is 0.410 e. The number of hydrogen-bond acceptors (Lipinski definition) is 5. The zero-order valence-electron chi connectivity index (χ0n) is 22.0. The Balaban J connectivity index is 1.53. The summed E-state index contributed by atoms with van der Waals surface area (Å²) in [6.07, 6.45) is 1.51. The van der Waals surface area contributed by atoms with E-state index in [1.807, 2.05) is 56.0 Å². The minimum Gasteiger partial charge on any atom is -0.444 e. The second kappa shape index (κ2) is 9.98. The van der Waals surface area contributed by atoms with Crippen LogP contribution in [0.15, 0.2) is 42.5 Å². The fraction of sp³-hybridized carbons (Fsp3) is 0.414. The first-order valence-corrected chi connectivity index (χ1v) is 13.3. The van der Waals surface area contributed by atoms with Crippen molar-refractivity contribution < 1.29 is 23.9 Å². The molecule has 2 aliphatic rings. The molecule has 2 atom stereocenters. The third kappa shape index (κ3) is 5.10. The Morgan fingerprint density at radius 2 is 1.76 bits per heavy atom. The summed E-state index contributed by atoms with van der Waals surface area (Å²) in [4.78, 5) is 45.5. The highest BCUT2D eigenvalue weighted by atomic mass is 35.5. The smallest absolute Gasteiger partial charge is 0.410 e. The number of carbonyl (C=O) groups excluding carboxylic acids is 3. The first-order chi connectivity index (χ1) is 18.0. The fourth-order valence-corrected chi connectivity index (χ4v) is 5.65. The van der Waals surface area contributed by atoms with Crippen LogP contribution >= 0.6 is 11.6 Å². The van der Waals surface area contributed by atoms with E-state index in [0.29, 0.717) is 36.7 Å². The molecule has 1 fully saturated rings. The van der Waals surface area contributed by atoms with E-state index in [-0.39, 0.29) is 5.91 Å². The average Bonchev–Trinajstić information content (AvgIpc) is 3.47. The molecule has 3 aromatic rings. The lowest BCUT2D eigenvalue weighted by Gasteiger charge is -2.39. The van der Waals surface area contributed by atoms with E-state index in [0.717, 1.165) is 34.1 Å². The number of fused-ring (bicyclic) bond motifs is 3. The molecule has 38 heavy (non-hydrogen) atoms. The molecule has 3 heterocycles. The quantitative estimate of drug-likeness (QED) is 0.346. The minimum absolute atomic E-state index is 0.107. The molecule has 2 aliphatic heterocycles. The van der Waals surface area contributed by atoms with Gasteiger partial charge in [0.05, 0.1) is 6.04 Å². The molecular formula is C29H32ClN3O5. The van der Waals surface area contributed by atoms with Gasteiger partial charge < -0.3 is 19.4 Å². The van der Waals surface area contributed by atoms with E-state index in [2.05, 4.69) is 4.98 Å². The number of aromatic amines is 1. The van der Waals surface area contributed by atoms with Crippen molar-refractivity contribution in [2.75, 3.05) is 13.1 Å². The van der Waals surface area contributed by atoms with Crippen LogP contribution in [0.3, 0.4) is 0 Å². The normalized spacial score (nSPS) is 19.4. The molecule has 9 heteroatoms. The lowest BCUT2D eigenvalue weighted by atomic mass is 9.91. The number of aromatic nitrogens is 1.